The average Bonchev–Trinajstić information content (AvgIpc) is 3.06. The molecule has 3 N–H and O–H groups in total. The Morgan fingerprint density at radius 3 is 2.63 bits per heavy atom. The normalized spacial score (nSPS) is 19.9. The summed E-state index contributed by atoms with van der Waals surface area (Å²) >= 11 is 0. The smallest absolute Gasteiger partial charge is 0.396 e. The molecule has 1 aromatic carbocycles. The lowest BCUT2D eigenvalue weighted by molar-refractivity contribution is -0.137. The molecule has 0 amide bonds. The first-order valence-electron chi connectivity index (χ1n) is 9.36. The predicted molar refractivity (Wildman–Crippen MR) is 100 cm³/mol. The molecule has 2 atom stereocenters. The SMILES string of the molecule is CCNC(=NCC(C)CO)NC1CCN(Cc2ccc(C(F)(F)F)cc2)C1. The third-order valence-electron chi connectivity index (χ3n) is 4.52. The number of nitrogens with zero attached hydrogens (tertiary/aromatic N) is 2. The van der Waals surface area contributed by atoms with Crippen LogP contribution in [0.3, 0.4) is 0 Å². The maximum Gasteiger partial charge on any atom is 0.416 e. The number of benzene rings is 1. The molecular formula is C19H29F3N4O. The number of likely N-dealkylation sites (tertiary alicyclic amines) is 1. The van der Waals surface area contributed by atoms with Gasteiger partial charge in [-0.05, 0) is 37.0 Å². The fraction of sp³-hybridized carbons (Fsp3) is 0.632. The molecule has 2 rings (SSSR count). The van der Waals surface area contributed by atoms with Crippen LogP contribution < -0.4 is 10.6 Å². The Morgan fingerprint density at radius 1 is 1.33 bits per heavy atom. The van der Waals surface area contributed by atoms with Crippen LogP contribution in [0.1, 0.15) is 31.4 Å². The Bertz CT molecular complexity index is 604. The van der Waals surface area contributed by atoms with Gasteiger partial charge in [-0.15, -0.1) is 0 Å². The predicted octanol–water partition coefficient (Wildman–Crippen LogP) is 2.46. The van der Waals surface area contributed by atoms with E-state index in [2.05, 4.69) is 20.5 Å². The molecule has 0 bridgehead atoms. The first kappa shape index (κ1) is 21.5. The topological polar surface area (TPSA) is 59.9 Å². The number of hydrogen-bond acceptors (Lipinski definition) is 3. The van der Waals surface area contributed by atoms with Gasteiger partial charge in [-0.25, -0.2) is 0 Å². The molecule has 1 saturated heterocycles. The number of aliphatic hydroxyl groups excluding tert-OH is 1. The summed E-state index contributed by atoms with van der Waals surface area (Å²) in [5.74, 6) is 0.847. The van der Waals surface area contributed by atoms with Crippen molar-refractivity contribution in [2.45, 2.75) is 39.0 Å². The summed E-state index contributed by atoms with van der Waals surface area (Å²) < 4.78 is 37.9. The first-order chi connectivity index (χ1) is 12.8. The molecule has 2 unspecified atom stereocenters. The molecule has 0 aliphatic carbocycles. The van der Waals surface area contributed by atoms with E-state index < -0.39 is 11.7 Å². The number of guanidine groups is 1. The molecule has 152 valence electrons. The second-order valence-electron chi connectivity index (χ2n) is 7.07. The minimum Gasteiger partial charge on any atom is -0.396 e. The van der Waals surface area contributed by atoms with Crippen LogP contribution in [-0.4, -0.2) is 54.8 Å². The largest absolute Gasteiger partial charge is 0.416 e. The van der Waals surface area contributed by atoms with E-state index in [0.29, 0.717) is 13.1 Å². The van der Waals surface area contributed by atoms with E-state index in [1.165, 1.54) is 0 Å². The van der Waals surface area contributed by atoms with E-state index in [-0.39, 0.29) is 18.6 Å². The lowest BCUT2D eigenvalue weighted by Crippen LogP contribution is -2.44. The summed E-state index contributed by atoms with van der Waals surface area (Å²) in [4.78, 5) is 6.72. The van der Waals surface area contributed by atoms with Crippen molar-refractivity contribution in [1.82, 2.24) is 15.5 Å². The van der Waals surface area contributed by atoms with Crippen molar-refractivity contribution in [2.75, 3.05) is 32.8 Å². The minimum atomic E-state index is -4.29. The van der Waals surface area contributed by atoms with Gasteiger partial charge in [0.1, 0.15) is 0 Å². The van der Waals surface area contributed by atoms with E-state index in [9.17, 15) is 13.2 Å². The maximum atomic E-state index is 12.6. The fourth-order valence-electron chi connectivity index (χ4n) is 2.97. The maximum absolute atomic E-state index is 12.6. The summed E-state index contributed by atoms with van der Waals surface area (Å²) in [6.45, 7) is 7.66. The molecule has 1 aliphatic heterocycles. The Morgan fingerprint density at radius 2 is 2.04 bits per heavy atom. The van der Waals surface area contributed by atoms with Gasteiger partial charge in [0.15, 0.2) is 5.96 Å². The second kappa shape index (κ2) is 9.94. The van der Waals surface area contributed by atoms with Gasteiger partial charge in [-0.3, -0.25) is 9.89 Å². The molecule has 1 fully saturated rings. The van der Waals surface area contributed by atoms with Crippen molar-refractivity contribution in [1.29, 1.82) is 0 Å². The highest BCUT2D eigenvalue weighted by atomic mass is 19.4. The zero-order chi connectivity index (χ0) is 19.9. The Balaban J connectivity index is 1.86. The van der Waals surface area contributed by atoms with Gasteiger partial charge in [-0.1, -0.05) is 19.1 Å². The number of nitrogens with one attached hydrogen (secondary N) is 2. The van der Waals surface area contributed by atoms with Crippen molar-refractivity contribution in [3.8, 4) is 0 Å². The Hall–Kier alpha value is -1.80. The van der Waals surface area contributed by atoms with Gasteiger partial charge >= 0.3 is 6.18 Å². The average molecular weight is 386 g/mol. The van der Waals surface area contributed by atoms with Crippen molar-refractivity contribution in [3.05, 3.63) is 35.4 Å². The summed E-state index contributed by atoms with van der Waals surface area (Å²) in [6.07, 6.45) is -3.35. The molecule has 1 aliphatic rings. The monoisotopic (exact) mass is 386 g/mol. The van der Waals surface area contributed by atoms with Crippen LogP contribution in [0.15, 0.2) is 29.3 Å². The highest BCUT2D eigenvalue weighted by Gasteiger charge is 2.30. The van der Waals surface area contributed by atoms with E-state index >= 15 is 0 Å². The zero-order valence-electron chi connectivity index (χ0n) is 15.9. The lowest BCUT2D eigenvalue weighted by atomic mass is 10.1. The highest BCUT2D eigenvalue weighted by Crippen LogP contribution is 2.29. The standard InChI is InChI=1S/C19H29F3N4O/c1-3-23-18(24-10-14(2)13-27)25-17-8-9-26(12-17)11-15-4-6-16(7-5-15)19(20,21)22/h4-7,14,17,27H,3,8-13H2,1-2H3,(H2,23,24,25). The van der Waals surface area contributed by atoms with Gasteiger partial charge in [0.25, 0.3) is 0 Å². The van der Waals surface area contributed by atoms with Crippen molar-refractivity contribution in [2.24, 2.45) is 10.9 Å². The van der Waals surface area contributed by atoms with Crippen LogP contribution in [0.4, 0.5) is 13.2 Å². The first-order valence-corrected chi connectivity index (χ1v) is 9.36. The third-order valence-corrected chi connectivity index (χ3v) is 4.52. The number of hydrogen-bond donors (Lipinski definition) is 3. The van der Waals surface area contributed by atoms with Crippen LogP contribution >= 0.6 is 0 Å². The summed E-state index contributed by atoms with van der Waals surface area (Å²) in [5.41, 5.74) is 0.261. The number of halogens is 3. The number of aliphatic imine (C=N–C) groups is 1. The zero-order valence-corrected chi connectivity index (χ0v) is 15.9. The van der Waals surface area contributed by atoms with Gasteiger partial charge in [0.2, 0.25) is 0 Å². The Labute approximate surface area is 158 Å². The molecule has 27 heavy (non-hydrogen) atoms. The molecule has 0 radical (unpaired) electrons. The van der Waals surface area contributed by atoms with Crippen LogP contribution in [0.2, 0.25) is 0 Å². The van der Waals surface area contributed by atoms with Crippen molar-refractivity contribution < 1.29 is 18.3 Å². The van der Waals surface area contributed by atoms with Crippen molar-refractivity contribution >= 4 is 5.96 Å². The molecule has 1 aromatic rings. The van der Waals surface area contributed by atoms with Gasteiger partial charge in [0.05, 0.1) is 5.56 Å². The molecule has 8 heteroatoms. The Kier molecular flexibility index (Phi) is 7.91. The molecular weight excluding hydrogens is 357 g/mol. The van der Waals surface area contributed by atoms with Crippen molar-refractivity contribution in [3.63, 3.8) is 0 Å². The molecule has 1 heterocycles. The molecule has 0 aromatic heterocycles. The molecule has 0 spiro atoms. The summed E-state index contributed by atoms with van der Waals surface area (Å²) in [7, 11) is 0. The highest BCUT2D eigenvalue weighted by molar-refractivity contribution is 5.80. The van der Waals surface area contributed by atoms with Crippen LogP contribution in [-0.2, 0) is 12.7 Å². The van der Waals surface area contributed by atoms with Crippen LogP contribution in [0, 0.1) is 5.92 Å². The third kappa shape index (κ3) is 7.03. The quantitative estimate of drug-likeness (QED) is 0.498. The molecule has 0 saturated carbocycles. The summed E-state index contributed by atoms with van der Waals surface area (Å²) in [6, 6.07) is 5.61. The number of aliphatic hydroxyl groups is 1. The van der Waals surface area contributed by atoms with Gasteiger partial charge in [0, 0.05) is 45.4 Å². The van der Waals surface area contributed by atoms with E-state index in [0.717, 1.165) is 49.7 Å². The second-order valence-corrected chi connectivity index (χ2v) is 7.07. The van der Waals surface area contributed by atoms with Crippen LogP contribution in [0.5, 0.6) is 0 Å². The number of rotatable bonds is 7. The summed E-state index contributed by atoms with van der Waals surface area (Å²) in [5, 5.41) is 15.7. The van der Waals surface area contributed by atoms with Gasteiger partial charge < -0.3 is 15.7 Å². The minimum absolute atomic E-state index is 0.104. The molecule has 5 nitrogen and oxygen atoms in total. The fourth-order valence-corrected chi connectivity index (χ4v) is 2.97. The number of alkyl halides is 3. The lowest BCUT2D eigenvalue weighted by Gasteiger charge is -2.19. The van der Waals surface area contributed by atoms with E-state index in [1.807, 2.05) is 13.8 Å². The van der Waals surface area contributed by atoms with E-state index in [1.54, 1.807) is 12.1 Å². The van der Waals surface area contributed by atoms with Gasteiger partial charge in [-0.2, -0.15) is 13.2 Å². The van der Waals surface area contributed by atoms with E-state index in [4.69, 9.17) is 5.11 Å². The van der Waals surface area contributed by atoms with Crippen LogP contribution in [0.25, 0.3) is 0 Å².